The molecule has 23 heavy (non-hydrogen) atoms. The van der Waals surface area contributed by atoms with Gasteiger partial charge in [0.25, 0.3) is 5.91 Å². The Balaban J connectivity index is 1.90. The summed E-state index contributed by atoms with van der Waals surface area (Å²) in [6, 6.07) is 7.48. The summed E-state index contributed by atoms with van der Waals surface area (Å²) in [7, 11) is 0. The third-order valence-corrected chi connectivity index (χ3v) is 5.28. The van der Waals surface area contributed by atoms with Gasteiger partial charge in [-0.15, -0.1) is 0 Å². The van der Waals surface area contributed by atoms with Crippen LogP contribution in [0.1, 0.15) is 57.3 Å². The van der Waals surface area contributed by atoms with Crippen molar-refractivity contribution in [1.82, 2.24) is 0 Å². The number of anilines is 1. The second-order valence-electron chi connectivity index (χ2n) is 7.04. The molecular formula is C19H29N2O2+. The number of hydrogen-bond donors (Lipinski definition) is 2. The highest BCUT2D eigenvalue weighted by atomic mass is 16.2. The van der Waals surface area contributed by atoms with E-state index in [1.54, 1.807) is 24.3 Å². The van der Waals surface area contributed by atoms with Crippen LogP contribution < -0.4 is 10.6 Å². The fourth-order valence-corrected chi connectivity index (χ4v) is 3.40. The van der Waals surface area contributed by atoms with E-state index in [-0.39, 0.29) is 17.7 Å². The van der Waals surface area contributed by atoms with Crippen LogP contribution in [0.5, 0.6) is 0 Å². The highest BCUT2D eigenvalue weighted by Gasteiger charge is 2.32. The molecule has 1 saturated carbocycles. The third-order valence-electron chi connectivity index (χ3n) is 5.28. The van der Waals surface area contributed by atoms with Crippen LogP contribution in [0.15, 0.2) is 24.3 Å². The van der Waals surface area contributed by atoms with Crippen molar-refractivity contribution >= 4 is 17.4 Å². The molecule has 0 bridgehead atoms. The van der Waals surface area contributed by atoms with E-state index in [0.717, 1.165) is 11.6 Å². The third kappa shape index (κ3) is 4.64. The molecule has 1 aromatic carbocycles. The van der Waals surface area contributed by atoms with Gasteiger partial charge in [0.05, 0.1) is 6.04 Å². The number of benzene rings is 1. The Morgan fingerprint density at radius 3 is 2.43 bits per heavy atom. The molecule has 4 nitrogen and oxygen atoms in total. The van der Waals surface area contributed by atoms with Gasteiger partial charge in [0.2, 0.25) is 0 Å². The van der Waals surface area contributed by atoms with Crippen LogP contribution in [0, 0.1) is 11.8 Å². The summed E-state index contributed by atoms with van der Waals surface area (Å²) >= 11 is 0. The van der Waals surface area contributed by atoms with Crippen LogP contribution in [-0.4, -0.2) is 23.8 Å². The van der Waals surface area contributed by atoms with Gasteiger partial charge in [-0.25, -0.2) is 0 Å². The number of quaternary nitrogens is 1. The standard InChI is InChI=1S/C19H28N2O2/c1-12-6-5-7-18(13(12)2)20-14(3)19(23)21-17-10-8-16(9-11-17)15(4)22/h8-14,18,20H,5-7H2,1-4H3,(H,21,23)/p+1/t12-,13-,14+,18-/m1/s1. The summed E-state index contributed by atoms with van der Waals surface area (Å²) < 4.78 is 0. The zero-order chi connectivity index (χ0) is 17.0. The van der Waals surface area contributed by atoms with Crippen molar-refractivity contribution in [3.8, 4) is 0 Å². The van der Waals surface area contributed by atoms with Crippen LogP contribution in [0.2, 0.25) is 0 Å². The van der Waals surface area contributed by atoms with E-state index in [1.165, 1.54) is 26.2 Å². The maximum Gasteiger partial charge on any atom is 0.282 e. The highest BCUT2D eigenvalue weighted by Crippen LogP contribution is 2.27. The van der Waals surface area contributed by atoms with E-state index in [1.807, 2.05) is 6.92 Å². The van der Waals surface area contributed by atoms with Crippen molar-refractivity contribution in [2.75, 3.05) is 5.32 Å². The number of ketones is 1. The van der Waals surface area contributed by atoms with E-state index in [0.29, 0.717) is 17.5 Å². The number of carbonyl (C=O) groups is 2. The molecule has 4 atom stereocenters. The molecule has 4 heteroatoms. The molecule has 0 saturated heterocycles. The molecular weight excluding hydrogens is 288 g/mol. The normalized spacial score (nSPS) is 25.7. The fourth-order valence-electron chi connectivity index (χ4n) is 3.40. The summed E-state index contributed by atoms with van der Waals surface area (Å²) in [5.41, 5.74) is 1.40. The first-order chi connectivity index (χ1) is 10.9. The van der Waals surface area contributed by atoms with Gasteiger partial charge in [-0.2, -0.15) is 0 Å². The molecule has 1 amide bonds. The number of nitrogens with two attached hydrogens (primary N) is 1. The van der Waals surface area contributed by atoms with Gasteiger partial charge in [-0.05, 0) is 63.3 Å². The predicted molar refractivity (Wildman–Crippen MR) is 92.4 cm³/mol. The Bertz CT molecular complexity index is 553. The number of rotatable bonds is 5. The molecule has 1 aromatic rings. The molecule has 1 aliphatic rings. The largest absolute Gasteiger partial charge is 0.334 e. The summed E-state index contributed by atoms with van der Waals surface area (Å²) in [6.07, 6.45) is 3.75. The van der Waals surface area contributed by atoms with Crippen molar-refractivity contribution in [2.45, 2.75) is 59.0 Å². The van der Waals surface area contributed by atoms with Gasteiger partial charge in [0, 0.05) is 17.2 Å². The zero-order valence-corrected chi connectivity index (χ0v) is 14.6. The van der Waals surface area contributed by atoms with Crippen LogP contribution in [0.25, 0.3) is 0 Å². The minimum Gasteiger partial charge on any atom is -0.334 e. The van der Waals surface area contributed by atoms with Crippen LogP contribution in [0.3, 0.4) is 0 Å². The van der Waals surface area contributed by atoms with E-state index in [9.17, 15) is 9.59 Å². The second kappa shape index (κ2) is 7.73. The Labute approximate surface area is 139 Å². The minimum atomic E-state index is -0.111. The SMILES string of the molecule is CC(=O)c1ccc(NC(=O)[C@H](C)[NH2+][C@@H]2CCC[C@@H](C)[C@H]2C)cc1. The van der Waals surface area contributed by atoms with Crippen LogP contribution in [0.4, 0.5) is 5.69 Å². The highest BCUT2D eigenvalue weighted by molar-refractivity contribution is 5.96. The average molecular weight is 317 g/mol. The lowest BCUT2D eigenvalue weighted by Gasteiger charge is -2.33. The van der Waals surface area contributed by atoms with Gasteiger partial charge in [-0.1, -0.05) is 13.8 Å². The van der Waals surface area contributed by atoms with E-state index in [4.69, 9.17) is 0 Å². The molecule has 2 rings (SSSR count). The molecule has 0 aromatic heterocycles. The van der Waals surface area contributed by atoms with Crippen LogP contribution >= 0.6 is 0 Å². The first-order valence-electron chi connectivity index (χ1n) is 8.65. The van der Waals surface area contributed by atoms with Crippen LogP contribution in [-0.2, 0) is 4.79 Å². The van der Waals surface area contributed by atoms with Gasteiger partial charge in [0.15, 0.2) is 11.8 Å². The molecule has 3 N–H and O–H groups in total. The second-order valence-corrected chi connectivity index (χ2v) is 7.04. The number of Topliss-reactive ketones (excluding diaryl/α,β-unsaturated/α-hetero) is 1. The summed E-state index contributed by atoms with van der Waals surface area (Å²) in [6.45, 7) is 8.12. The Morgan fingerprint density at radius 1 is 1.17 bits per heavy atom. The zero-order valence-electron chi connectivity index (χ0n) is 14.6. The van der Waals surface area contributed by atoms with Gasteiger partial charge in [0.1, 0.15) is 0 Å². The average Bonchev–Trinajstić information content (AvgIpc) is 2.52. The number of carbonyl (C=O) groups excluding carboxylic acids is 2. The molecule has 0 heterocycles. The minimum absolute atomic E-state index is 0.0194. The summed E-state index contributed by atoms with van der Waals surface area (Å²) in [4.78, 5) is 23.7. The lowest BCUT2D eigenvalue weighted by molar-refractivity contribution is -0.715. The molecule has 0 aliphatic heterocycles. The molecule has 0 radical (unpaired) electrons. The van der Waals surface area contributed by atoms with Gasteiger partial charge in [-0.3, -0.25) is 9.59 Å². The Morgan fingerprint density at radius 2 is 1.83 bits per heavy atom. The van der Waals surface area contributed by atoms with Gasteiger partial charge < -0.3 is 10.6 Å². The lowest BCUT2D eigenvalue weighted by Crippen LogP contribution is -2.97. The topological polar surface area (TPSA) is 62.8 Å². The Hall–Kier alpha value is -1.68. The first-order valence-corrected chi connectivity index (χ1v) is 8.65. The number of amides is 1. The molecule has 0 spiro atoms. The molecule has 126 valence electrons. The monoisotopic (exact) mass is 317 g/mol. The maximum absolute atomic E-state index is 12.4. The molecule has 1 aliphatic carbocycles. The maximum atomic E-state index is 12.4. The predicted octanol–water partition coefficient (Wildman–Crippen LogP) is 2.60. The lowest BCUT2D eigenvalue weighted by atomic mass is 9.78. The fraction of sp³-hybridized carbons (Fsp3) is 0.579. The molecule has 1 fully saturated rings. The first kappa shape index (κ1) is 17.7. The van der Waals surface area contributed by atoms with E-state index >= 15 is 0 Å². The van der Waals surface area contributed by atoms with E-state index in [2.05, 4.69) is 24.5 Å². The van der Waals surface area contributed by atoms with Crippen molar-refractivity contribution in [1.29, 1.82) is 0 Å². The molecule has 0 unspecified atom stereocenters. The summed E-state index contributed by atoms with van der Waals surface area (Å²) in [5, 5.41) is 5.16. The van der Waals surface area contributed by atoms with Gasteiger partial charge >= 0.3 is 0 Å². The van der Waals surface area contributed by atoms with Crippen molar-refractivity contribution in [2.24, 2.45) is 11.8 Å². The van der Waals surface area contributed by atoms with Crippen molar-refractivity contribution < 1.29 is 14.9 Å². The summed E-state index contributed by atoms with van der Waals surface area (Å²) in [5.74, 6) is 1.43. The smallest absolute Gasteiger partial charge is 0.282 e. The number of hydrogen-bond acceptors (Lipinski definition) is 2. The quantitative estimate of drug-likeness (QED) is 0.820. The van der Waals surface area contributed by atoms with Crippen molar-refractivity contribution in [3.63, 3.8) is 0 Å². The van der Waals surface area contributed by atoms with Crippen molar-refractivity contribution in [3.05, 3.63) is 29.8 Å². The van der Waals surface area contributed by atoms with E-state index < -0.39 is 0 Å². The Kier molecular flexibility index (Phi) is 5.94. The number of nitrogens with one attached hydrogen (secondary N) is 1.